The Morgan fingerprint density at radius 1 is 1.21 bits per heavy atom. The van der Waals surface area contributed by atoms with Gasteiger partial charge in [-0.05, 0) is 32.9 Å². The lowest BCUT2D eigenvalue weighted by Gasteiger charge is -2.28. The maximum absolute atomic E-state index is 12.3. The van der Waals surface area contributed by atoms with Crippen LogP contribution >= 0.6 is 0 Å². The van der Waals surface area contributed by atoms with Crippen molar-refractivity contribution in [3.8, 4) is 5.75 Å². The van der Waals surface area contributed by atoms with Gasteiger partial charge in [0, 0.05) is 20.0 Å². The van der Waals surface area contributed by atoms with E-state index in [1.165, 1.54) is 27.9 Å². The first-order chi connectivity index (χ1) is 12.9. The summed E-state index contributed by atoms with van der Waals surface area (Å²) in [4.78, 5) is 24.4. The Labute approximate surface area is 166 Å². The molecule has 0 saturated heterocycles. The molecule has 8 nitrogen and oxygen atoms in total. The number of methoxy groups -OCH3 is 1. The number of carbonyl (C=O) groups is 2. The molecule has 0 fully saturated rings. The highest BCUT2D eigenvalue weighted by molar-refractivity contribution is 7.85. The number of benzene rings is 1. The van der Waals surface area contributed by atoms with Crippen LogP contribution in [0.15, 0.2) is 30.3 Å². The van der Waals surface area contributed by atoms with Gasteiger partial charge in [-0.25, -0.2) is 0 Å². The van der Waals surface area contributed by atoms with Gasteiger partial charge in [0.05, 0.1) is 29.9 Å². The number of nitrogens with one attached hydrogen (secondary N) is 1. The Balaban J connectivity index is 2.67. The summed E-state index contributed by atoms with van der Waals surface area (Å²) in [6.07, 6.45) is -0.289. The topological polar surface area (TPSA) is 119 Å². The minimum absolute atomic E-state index is 0.159. The Kier molecular flexibility index (Phi) is 9.06. The van der Waals surface area contributed by atoms with Crippen molar-refractivity contribution >= 4 is 21.8 Å². The molecule has 0 saturated carbocycles. The lowest BCUT2D eigenvalue weighted by Crippen LogP contribution is -2.49. The Morgan fingerprint density at radius 3 is 2.32 bits per heavy atom. The Bertz CT molecular complexity index is 747. The molecule has 0 spiro atoms. The third kappa shape index (κ3) is 9.29. The van der Waals surface area contributed by atoms with Crippen LogP contribution in [0.25, 0.3) is 0 Å². The molecule has 0 aromatic heterocycles. The van der Waals surface area contributed by atoms with E-state index in [1.807, 2.05) is 30.3 Å². The van der Waals surface area contributed by atoms with E-state index in [0.717, 1.165) is 0 Å². The van der Waals surface area contributed by atoms with Gasteiger partial charge in [0.1, 0.15) is 11.5 Å². The number of hydrogen-bond donors (Lipinski definition) is 2. The summed E-state index contributed by atoms with van der Waals surface area (Å²) in [5.74, 6) is -1.35. The van der Waals surface area contributed by atoms with Crippen LogP contribution in [0.1, 0.15) is 33.6 Å². The number of Topliss-reactive ketones (excluding diaryl/α,β-unsaturated/α-hetero) is 1. The van der Waals surface area contributed by atoms with Crippen LogP contribution in [-0.4, -0.2) is 55.8 Å². The zero-order chi connectivity index (χ0) is 21.4. The predicted molar refractivity (Wildman–Crippen MR) is 105 cm³/mol. The third-order valence-electron chi connectivity index (χ3n) is 4.11. The second-order valence-electron chi connectivity index (χ2n) is 7.30. The minimum Gasteiger partial charge on any atom is -0.493 e. The van der Waals surface area contributed by atoms with Crippen molar-refractivity contribution < 1.29 is 32.0 Å². The molecule has 158 valence electrons. The van der Waals surface area contributed by atoms with Crippen LogP contribution < -0.4 is 10.1 Å². The highest BCUT2D eigenvalue weighted by atomic mass is 32.2. The minimum atomic E-state index is -4.25. The molecule has 0 bridgehead atoms. The van der Waals surface area contributed by atoms with Gasteiger partial charge in [-0.1, -0.05) is 18.2 Å². The standard InChI is InChI=1S/C19H29NO7S/c1-14(21)16(12-18(22)20-19(2,3)13-28(23,24)25)17(26-4)10-11-27-15-8-6-5-7-9-15/h5-9,16-17H,10-13H2,1-4H3,(H,20,22)(H,23,24,25). The first-order valence-corrected chi connectivity index (χ1v) is 10.5. The van der Waals surface area contributed by atoms with E-state index in [9.17, 15) is 18.0 Å². The number of amides is 1. The molecule has 1 amide bonds. The summed E-state index contributed by atoms with van der Waals surface area (Å²) in [6.45, 7) is 4.64. The molecule has 9 heteroatoms. The molecule has 2 atom stereocenters. The van der Waals surface area contributed by atoms with E-state index in [4.69, 9.17) is 14.0 Å². The maximum atomic E-state index is 12.3. The maximum Gasteiger partial charge on any atom is 0.267 e. The van der Waals surface area contributed by atoms with E-state index in [1.54, 1.807) is 0 Å². The molecule has 1 rings (SSSR count). The zero-order valence-corrected chi connectivity index (χ0v) is 17.5. The summed E-state index contributed by atoms with van der Waals surface area (Å²) in [7, 11) is -2.79. The highest BCUT2D eigenvalue weighted by Gasteiger charge is 2.31. The summed E-state index contributed by atoms with van der Waals surface area (Å²) in [5, 5.41) is 2.54. The number of rotatable bonds is 12. The zero-order valence-electron chi connectivity index (χ0n) is 16.7. The summed E-state index contributed by atoms with van der Waals surface area (Å²) in [6, 6.07) is 9.20. The van der Waals surface area contributed by atoms with Crippen LogP contribution in [0.2, 0.25) is 0 Å². The number of ether oxygens (including phenoxy) is 2. The molecular weight excluding hydrogens is 386 g/mol. The predicted octanol–water partition coefficient (Wildman–Crippen LogP) is 1.85. The quantitative estimate of drug-likeness (QED) is 0.500. The van der Waals surface area contributed by atoms with Gasteiger partial charge in [-0.15, -0.1) is 0 Å². The number of para-hydroxylation sites is 1. The SMILES string of the molecule is COC(CCOc1ccccc1)C(CC(=O)NC(C)(C)CS(=O)(=O)O)C(C)=O. The molecule has 0 aliphatic rings. The van der Waals surface area contributed by atoms with Gasteiger partial charge < -0.3 is 14.8 Å². The highest BCUT2D eigenvalue weighted by Crippen LogP contribution is 2.19. The van der Waals surface area contributed by atoms with Crippen molar-refractivity contribution in [1.82, 2.24) is 5.32 Å². The van der Waals surface area contributed by atoms with Crippen LogP contribution in [0.3, 0.4) is 0 Å². The molecule has 28 heavy (non-hydrogen) atoms. The van der Waals surface area contributed by atoms with Crippen LogP contribution in [0, 0.1) is 5.92 Å². The second-order valence-corrected chi connectivity index (χ2v) is 8.76. The van der Waals surface area contributed by atoms with Gasteiger partial charge in [-0.2, -0.15) is 8.42 Å². The van der Waals surface area contributed by atoms with Crippen molar-refractivity contribution in [2.24, 2.45) is 5.92 Å². The first-order valence-electron chi connectivity index (χ1n) is 8.91. The van der Waals surface area contributed by atoms with E-state index < -0.39 is 39.3 Å². The van der Waals surface area contributed by atoms with Crippen molar-refractivity contribution in [2.75, 3.05) is 19.5 Å². The Morgan fingerprint density at radius 2 is 1.82 bits per heavy atom. The van der Waals surface area contributed by atoms with Crippen molar-refractivity contribution in [3.05, 3.63) is 30.3 Å². The Hall–Kier alpha value is -1.97. The molecule has 0 heterocycles. The van der Waals surface area contributed by atoms with Gasteiger partial charge >= 0.3 is 0 Å². The summed E-state index contributed by atoms with van der Waals surface area (Å²) >= 11 is 0. The molecule has 1 aromatic carbocycles. The molecule has 2 N–H and O–H groups in total. The summed E-state index contributed by atoms with van der Waals surface area (Å²) in [5.41, 5.74) is -1.18. The smallest absolute Gasteiger partial charge is 0.267 e. The molecule has 0 aliphatic heterocycles. The van der Waals surface area contributed by atoms with Gasteiger partial charge in [-0.3, -0.25) is 14.1 Å². The second kappa shape index (κ2) is 10.5. The van der Waals surface area contributed by atoms with Crippen LogP contribution in [0.4, 0.5) is 0 Å². The monoisotopic (exact) mass is 415 g/mol. The van der Waals surface area contributed by atoms with E-state index in [-0.39, 0.29) is 12.2 Å². The average Bonchev–Trinajstić information content (AvgIpc) is 2.55. The fraction of sp³-hybridized carbons (Fsp3) is 0.579. The van der Waals surface area contributed by atoms with Crippen molar-refractivity contribution in [2.45, 2.75) is 45.3 Å². The fourth-order valence-corrected chi connectivity index (χ4v) is 3.93. The van der Waals surface area contributed by atoms with Crippen LogP contribution in [-0.2, 0) is 24.4 Å². The van der Waals surface area contributed by atoms with E-state index >= 15 is 0 Å². The van der Waals surface area contributed by atoms with Gasteiger partial charge in [0.15, 0.2) is 0 Å². The third-order valence-corrected chi connectivity index (χ3v) is 5.20. The van der Waals surface area contributed by atoms with Crippen molar-refractivity contribution in [1.29, 1.82) is 0 Å². The number of ketones is 1. The number of carbonyl (C=O) groups excluding carboxylic acids is 2. The molecule has 0 radical (unpaired) electrons. The lowest BCUT2D eigenvalue weighted by molar-refractivity contribution is -0.133. The van der Waals surface area contributed by atoms with E-state index in [2.05, 4.69) is 5.32 Å². The molecule has 0 aliphatic carbocycles. The van der Waals surface area contributed by atoms with Gasteiger partial charge in [0.25, 0.3) is 10.1 Å². The largest absolute Gasteiger partial charge is 0.493 e. The molecular formula is C19H29NO7S. The lowest BCUT2D eigenvalue weighted by atomic mass is 9.91. The average molecular weight is 416 g/mol. The van der Waals surface area contributed by atoms with Gasteiger partial charge in [0.2, 0.25) is 5.91 Å². The van der Waals surface area contributed by atoms with Crippen LogP contribution in [0.5, 0.6) is 5.75 Å². The first kappa shape index (κ1) is 24.1. The molecule has 1 aromatic rings. The summed E-state index contributed by atoms with van der Waals surface area (Å²) < 4.78 is 42.1. The fourth-order valence-electron chi connectivity index (χ4n) is 2.95. The number of hydrogen-bond acceptors (Lipinski definition) is 6. The molecule has 2 unspecified atom stereocenters. The normalized spacial score (nSPS) is 14.2. The van der Waals surface area contributed by atoms with Crippen molar-refractivity contribution in [3.63, 3.8) is 0 Å². The van der Waals surface area contributed by atoms with E-state index in [0.29, 0.717) is 18.8 Å².